The predicted molar refractivity (Wildman–Crippen MR) is 99.2 cm³/mol. The molecule has 0 aliphatic carbocycles. The summed E-state index contributed by atoms with van der Waals surface area (Å²) in [4.78, 5) is 30.1. The van der Waals surface area contributed by atoms with E-state index in [0.717, 1.165) is 4.90 Å². The fourth-order valence-corrected chi connectivity index (χ4v) is 3.10. The van der Waals surface area contributed by atoms with E-state index in [0.29, 0.717) is 17.1 Å². The van der Waals surface area contributed by atoms with Crippen LogP contribution in [0.5, 0.6) is 5.88 Å². The van der Waals surface area contributed by atoms with Gasteiger partial charge in [0.25, 0.3) is 11.8 Å². The van der Waals surface area contributed by atoms with E-state index in [-0.39, 0.29) is 5.56 Å². The number of carbonyl (C=O) groups is 2. The van der Waals surface area contributed by atoms with Crippen LogP contribution in [0.15, 0.2) is 42.5 Å². The van der Waals surface area contributed by atoms with Gasteiger partial charge in [0.1, 0.15) is 6.04 Å². The molecule has 1 unspecified atom stereocenters. The lowest BCUT2D eigenvalue weighted by Crippen LogP contribution is -2.43. The van der Waals surface area contributed by atoms with E-state index in [1.54, 1.807) is 30.3 Å². The summed E-state index contributed by atoms with van der Waals surface area (Å²) in [5.74, 6) is -4.13. The molecule has 1 atom stereocenters. The third kappa shape index (κ3) is 4.48. The highest BCUT2D eigenvalue weighted by Gasteiger charge is 2.47. The van der Waals surface area contributed by atoms with Crippen molar-refractivity contribution in [1.82, 2.24) is 15.2 Å². The zero-order chi connectivity index (χ0) is 21.0. The van der Waals surface area contributed by atoms with Gasteiger partial charge in [-0.15, -0.1) is 0 Å². The standard InChI is InChI=1S/C20H18F2N4O3/c1-29-16-8-7-15(18(25-16)13-5-3-2-4-6-13)19(28)24-11-17(27)26-12-20(21,22)9-14(26)10-23/h2-8,14H,9,11-12H2,1H3,(H,24,28). The third-order valence-electron chi connectivity index (χ3n) is 4.51. The molecule has 1 fully saturated rings. The highest BCUT2D eigenvalue weighted by molar-refractivity contribution is 6.01. The molecule has 9 heteroatoms. The Morgan fingerprint density at radius 1 is 1.31 bits per heavy atom. The number of halogens is 2. The van der Waals surface area contributed by atoms with Crippen molar-refractivity contribution in [2.75, 3.05) is 20.2 Å². The molecule has 2 heterocycles. The van der Waals surface area contributed by atoms with Gasteiger partial charge in [-0.3, -0.25) is 9.59 Å². The summed E-state index contributed by atoms with van der Waals surface area (Å²) in [6, 6.07) is 12.4. The first-order chi connectivity index (χ1) is 13.8. The molecule has 0 spiro atoms. The first kappa shape index (κ1) is 20.2. The van der Waals surface area contributed by atoms with Crippen LogP contribution in [0.2, 0.25) is 0 Å². The van der Waals surface area contributed by atoms with E-state index in [1.807, 2.05) is 6.07 Å². The zero-order valence-corrected chi connectivity index (χ0v) is 15.6. The maximum Gasteiger partial charge on any atom is 0.268 e. The van der Waals surface area contributed by atoms with Gasteiger partial charge < -0.3 is 15.0 Å². The molecule has 3 rings (SSSR count). The van der Waals surface area contributed by atoms with E-state index < -0.39 is 43.3 Å². The zero-order valence-electron chi connectivity index (χ0n) is 15.6. The molecule has 1 aliphatic rings. The lowest BCUT2D eigenvalue weighted by Gasteiger charge is -2.19. The first-order valence-electron chi connectivity index (χ1n) is 8.80. The summed E-state index contributed by atoms with van der Waals surface area (Å²) in [5, 5.41) is 11.4. The summed E-state index contributed by atoms with van der Waals surface area (Å²) < 4.78 is 32.1. The Balaban J connectivity index is 1.76. The van der Waals surface area contributed by atoms with Crippen LogP contribution in [0.1, 0.15) is 16.8 Å². The predicted octanol–water partition coefficient (Wildman–Crippen LogP) is 2.25. The summed E-state index contributed by atoms with van der Waals surface area (Å²) in [7, 11) is 1.45. The molecule has 7 nitrogen and oxygen atoms in total. The number of alkyl halides is 2. The van der Waals surface area contributed by atoms with E-state index in [4.69, 9.17) is 10.00 Å². The topological polar surface area (TPSA) is 95.3 Å². The second-order valence-electron chi connectivity index (χ2n) is 6.53. The van der Waals surface area contributed by atoms with Gasteiger partial charge in [-0.1, -0.05) is 30.3 Å². The van der Waals surface area contributed by atoms with Crippen molar-refractivity contribution in [3.05, 3.63) is 48.0 Å². The van der Waals surface area contributed by atoms with Gasteiger partial charge in [-0.05, 0) is 6.07 Å². The largest absolute Gasteiger partial charge is 0.481 e. The fourth-order valence-electron chi connectivity index (χ4n) is 3.10. The lowest BCUT2D eigenvalue weighted by atomic mass is 10.1. The summed E-state index contributed by atoms with van der Waals surface area (Å²) >= 11 is 0. The average molecular weight is 400 g/mol. The number of benzene rings is 1. The summed E-state index contributed by atoms with van der Waals surface area (Å²) in [6.45, 7) is -1.34. The molecule has 1 saturated heterocycles. The Kier molecular flexibility index (Phi) is 5.73. The van der Waals surface area contributed by atoms with Crippen molar-refractivity contribution in [3.63, 3.8) is 0 Å². The molecule has 2 amide bonds. The van der Waals surface area contributed by atoms with Gasteiger partial charge in [0, 0.05) is 18.1 Å². The van der Waals surface area contributed by atoms with Crippen LogP contribution < -0.4 is 10.1 Å². The first-order valence-corrected chi connectivity index (χ1v) is 8.80. The highest BCUT2D eigenvalue weighted by Crippen LogP contribution is 2.31. The number of ether oxygens (including phenoxy) is 1. The molecule has 29 heavy (non-hydrogen) atoms. The molecule has 1 aliphatic heterocycles. The van der Waals surface area contributed by atoms with E-state index in [9.17, 15) is 18.4 Å². The molecule has 1 aromatic heterocycles. The average Bonchev–Trinajstić information content (AvgIpc) is 3.06. The number of hydrogen-bond acceptors (Lipinski definition) is 5. The van der Waals surface area contributed by atoms with Gasteiger partial charge in [0.05, 0.1) is 37.5 Å². The van der Waals surface area contributed by atoms with Crippen molar-refractivity contribution in [3.8, 4) is 23.2 Å². The maximum absolute atomic E-state index is 13.5. The summed E-state index contributed by atoms with van der Waals surface area (Å²) in [6.07, 6.45) is -0.705. The van der Waals surface area contributed by atoms with Crippen LogP contribution in [-0.2, 0) is 4.79 Å². The number of amides is 2. The van der Waals surface area contributed by atoms with Crippen molar-refractivity contribution in [1.29, 1.82) is 5.26 Å². The molecular weight excluding hydrogens is 382 g/mol. The minimum atomic E-state index is -3.11. The Morgan fingerprint density at radius 2 is 2.03 bits per heavy atom. The minimum absolute atomic E-state index is 0.202. The number of pyridine rings is 1. The fraction of sp³-hybridized carbons (Fsp3) is 0.300. The minimum Gasteiger partial charge on any atom is -0.481 e. The Morgan fingerprint density at radius 3 is 2.69 bits per heavy atom. The van der Waals surface area contributed by atoms with E-state index in [1.165, 1.54) is 19.2 Å². The SMILES string of the molecule is COc1ccc(C(=O)NCC(=O)N2CC(F)(F)CC2C#N)c(-c2ccccc2)n1. The number of methoxy groups -OCH3 is 1. The third-order valence-corrected chi connectivity index (χ3v) is 4.51. The van der Waals surface area contributed by atoms with E-state index in [2.05, 4.69) is 10.3 Å². The van der Waals surface area contributed by atoms with Crippen LogP contribution in [0, 0.1) is 11.3 Å². The second-order valence-corrected chi connectivity index (χ2v) is 6.53. The number of nitrogens with one attached hydrogen (secondary N) is 1. The molecule has 1 N–H and O–H groups in total. The van der Waals surface area contributed by atoms with E-state index >= 15 is 0 Å². The number of carbonyl (C=O) groups excluding carboxylic acids is 2. The number of aromatic nitrogens is 1. The Labute approximate surface area is 165 Å². The highest BCUT2D eigenvalue weighted by atomic mass is 19.3. The summed E-state index contributed by atoms with van der Waals surface area (Å²) in [5.41, 5.74) is 1.23. The van der Waals surface area contributed by atoms with Gasteiger partial charge >= 0.3 is 0 Å². The molecule has 0 bridgehead atoms. The number of hydrogen-bond donors (Lipinski definition) is 1. The van der Waals surface area contributed by atoms with Crippen LogP contribution >= 0.6 is 0 Å². The smallest absolute Gasteiger partial charge is 0.268 e. The van der Waals surface area contributed by atoms with Gasteiger partial charge in [-0.25, -0.2) is 13.8 Å². The van der Waals surface area contributed by atoms with Crippen LogP contribution in [0.4, 0.5) is 8.78 Å². The number of nitrogens with zero attached hydrogens (tertiary/aromatic N) is 3. The van der Waals surface area contributed by atoms with Crippen molar-refractivity contribution in [2.24, 2.45) is 0 Å². The monoisotopic (exact) mass is 400 g/mol. The van der Waals surface area contributed by atoms with Gasteiger partial charge in [0.15, 0.2) is 0 Å². The number of nitriles is 1. The van der Waals surface area contributed by atoms with Crippen LogP contribution in [-0.4, -0.2) is 53.9 Å². The molecular formula is C20H18F2N4O3. The van der Waals surface area contributed by atoms with Crippen molar-refractivity contribution in [2.45, 2.75) is 18.4 Å². The van der Waals surface area contributed by atoms with Crippen LogP contribution in [0.3, 0.4) is 0 Å². The van der Waals surface area contributed by atoms with Gasteiger partial charge in [0.2, 0.25) is 11.8 Å². The maximum atomic E-state index is 13.5. The quantitative estimate of drug-likeness (QED) is 0.831. The van der Waals surface area contributed by atoms with Crippen molar-refractivity contribution < 1.29 is 23.1 Å². The number of likely N-dealkylation sites (tertiary alicyclic amines) is 1. The molecule has 0 radical (unpaired) electrons. The number of rotatable bonds is 5. The van der Waals surface area contributed by atoms with Crippen molar-refractivity contribution >= 4 is 11.8 Å². The van der Waals surface area contributed by atoms with Gasteiger partial charge in [-0.2, -0.15) is 5.26 Å². The molecule has 2 aromatic rings. The Bertz CT molecular complexity index is 960. The second kappa shape index (κ2) is 8.22. The normalized spacial score (nSPS) is 17.4. The lowest BCUT2D eigenvalue weighted by molar-refractivity contribution is -0.131. The van der Waals surface area contributed by atoms with Crippen LogP contribution in [0.25, 0.3) is 11.3 Å². The Hall–Kier alpha value is -3.54. The molecule has 0 saturated carbocycles. The molecule has 1 aromatic carbocycles. The molecule has 150 valence electrons.